The molecule has 1 heterocycles. The Balaban J connectivity index is 1.81. The molecule has 108 valence electrons. The van der Waals surface area contributed by atoms with Crippen molar-refractivity contribution in [3.63, 3.8) is 0 Å². The maximum absolute atomic E-state index is 11.4. The van der Waals surface area contributed by atoms with Gasteiger partial charge in [0.05, 0.1) is 23.9 Å². The minimum Gasteiger partial charge on any atom is -0.465 e. The van der Waals surface area contributed by atoms with Gasteiger partial charge in [0.15, 0.2) is 0 Å². The number of ether oxygens (including phenoxy) is 1. The molecule has 2 aromatic carbocycles. The predicted molar refractivity (Wildman–Crippen MR) is 86.8 cm³/mol. The molecule has 0 saturated carbocycles. The van der Waals surface area contributed by atoms with Crippen LogP contribution in [0.1, 0.15) is 15.9 Å². The summed E-state index contributed by atoms with van der Waals surface area (Å²) in [5, 5.41) is 1.05. The molecule has 3 aromatic rings. The Morgan fingerprint density at radius 1 is 1.14 bits per heavy atom. The first-order chi connectivity index (χ1) is 10.8. The lowest BCUT2D eigenvalue weighted by atomic mass is 10.1. The van der Waals surface area contributed by atoms with Crippen molar-refractivity contribution in [2.24, 2.45) is 4.99 Å². The standard InChI is InChI=1S/C18H14N2O2/c1-22-18(21)14-6-4-13(5-7-14)12-20-16-8-9-17-15(11-16)3-2-10-19-17/h2-12H,1H3. The average Bonchev–Trinajstić information content (AvgIpc) is 2.59. The van der Waals surface area contributed by atoms with Crippen LogP contribution in [-0.4, -0.2) is 24.3 Å². The van der Waals surface area contributed by atoms with E-state index in [4.69, 9.17) is 0 Å². The maximum atomic E-state index is 11.4. The van der Waals surface area contributed by atoms with Crippen LogP contribution in [0.5, 0.6) is 0 Å². The number of rotatable bonds is 3. The number of fused-ring (bicyclic) bond motifs is 1. The number of esters is 1. The fraction of sp³-hybridized carbons (Fsp3) is 0.0556. The number of aromatic nitrogens is 1. The van der Waals surface area contributed by atoms with Gasteiger partial charge in [0.2, 0.25) is 0 Å². The number of carbonyl (C=O) groups is 1. The molecule has 0 saturated heterocycles. The van der Waals surface area contributed by atoms with Gasteiger partial charge in [0.25, 0.3) is 0 Å². The van der Waals surface area contributed by atoms with Crippen LogP contribution in [0.2, 0.25) is 0 Å². The van der Waals surface area contributed by atoms with Gasteiger partial charge in [-0.1, -0.05) is 18.2 Å². The Hall–Kier alpha value is -3.01. The summed E-state index contributed by atoms with van der Waals surface area (Å²) in [6.07, 6.45) is 3.53. The molecule has 22 heavy (non-hydrogen) atoms. The smallest absolute Gasteiger partial charge is 0.337 e. The second-order valence-electron chi connectivity index (χ2n) is 4.75. The summed E-state index contributed by atoms with van der Waals surface area (Å²) in [6, 6.07) is 16.9. The van der Waals surface area contributed by atoms with Crippen LogP contribution in [0.25, 0.3) is 10.9 Å². The van der Waals surface area contributed by atoms with Gasteiger partial charge in [0.1, 0.15) is 0 Å². The van der Waals surface area contributed by atoms with Crippen LogP contribution in [0.15, 0.2) is 65.8 Å². The molecule has 4 nitrogen and oxygen atoms in total. The molecule has 0 radical (unpaired) electrons. The fourth-order valence-corrected chi connectivity index (χ4v) is 2.12. The summed E-state index contributed by atoms with van der Waals surface area (Å²) in [6.45, 7) is 0. The number of aliphatic imine (C=N–C) groups is 1. The minimum atomic E-state index is -0.342. The van der Waals surface area contributed by atoms with E-state index in [1.54, 1.807) is 24.5 Å². The van der Waals surface area contributed by atoms with Crippen molar-refractivity contribution in [1.29, 1.82) is 0 Å². The Morgan fingerprint density at radius 3 is 2.73 bits per heavy atom. The van der Waals surface area contributed by atoms with Gasteiger partial charge < -0.3 is 4.74 Å². The summed E-state index contributed by atoms with van der Waals surface area (Å²) in [5.41, 5.74) is 3.25. The van der Waals surface area contributed by atoms with E-state index < -0.39 is 0 Å². The molecule has 4 heteroatoms. The average molecular weight is 290 g/mol. The molecule has 0 aliphatic rings. The van der Waals surface area contributed by atoms with E-state index in [9.17, 15) is 4.79 Å². The molecular formula is C18H14N2O2. The van der Waals surface area contributed by atoms with Crippen LogP contribution in [0.3, 0.4) is 0 Å². The van der Waals surface area contributed by atoms with E-state index >= 15 is 0 Å². The highest BCUT2D eigenvalue weighted by atomic mass is 16.5. The van der Waals surface area contributed by atoms with Gasteiger partial charge in [0, 0.05) is 17.8 Å². The van der Waals surface area contributed by atoms with Crippen molar-refractivity contribution in [3.05, 3.63) is 71.9 Å². The van der Waals surface area contributed by atoms with E-state index in [0.717, 1.165) is 22.2 Å². The first kappa shape index (κ1) is 13.9. The zero-order chi connectivity index (χ0) is 15.4. The molecule has 0 N–H and O–H groups in total. The molecule has 0 spiro atoms. The van der Waals surface area contributed by atoms with Crippen LogP contribution in [0, 0.1) is 0 Å². The zero-order valence-electron chi connectivity index (χ0n) is 12.1. The third-order valence-corrected chi connectivity index (χ3v) is 3.28. The predicted octanol–water partition coefficient (Wildman–Crippen LogP) is 3.77. The first-order valence-corrected chi connectivity index (χ1v) is 6.83. The summed E-state index contributed by atoms with van der Waals surface area (Å²) in [5.74, 6) is -0.342. The Morgan fingerprint density at radius 2 is 1.95 bits per heavy atom. The molecule has 3 rings (SSSR count). The second kappa shape index (κ2) is 6.18. The minimum absolute atomic E-state index is 0.342. The SMILES string of the molecule is COC(=O)c1ccc(C=Nc2ccc3ncccc3c2)cc1. The number of benzene rings is 2. The quantitative estimate of drug-likeness (QED) is 0.545. The summed E-state index contributed by atoms with van der Waals surface area (Å²) in [4.78, 5) is 20.1. The zero-order valence-corrected chi connectivity index (χ0v) is 12.1. The number of nitrogens with zero attached hydrogens (tertiary/aromatic N) is 2. The number of hydrogen-bond donors (Lipinski definition) is 0. The van der Waals surface area contributed by atoms with Gasteiger partial charge >= 0.3 is 5.97 Å². The topological polar surface area (TPSA) is 51.5 Å². The van der Waals surface area contributed by atoms with Crippen LogP contribution in [0.4, 0.5) is 5.69 Å². The van der Waals surface area contributed by atoms with Crippen molar-refractivity contribution in [1.82, 2.24) is 4.98 Å². The molecule has 0 aliphatic carbocycles. The van der Waals surface area contributed by atoms with Gasteiger partial charge in [-0.3, -0.25) is 9.98 Å². The molecule has 0 unspecified atom stereocenters. The van der Waals surface area contributed by atoms with Crippen LogP contribution < -0.4 is 0 Å². The molecule has 0 aliphatic heterocycles. The van der Waals surface area contributed by atoms with E-state index in [0.29, 0.717) is 5.56 Å². The van der Waals surface area contributed by atoms with Crippen LogP contribution in [-0.2, 0) is 4.74 Å². The first-order valence-electron chi connectivity index (χ1n) is 6.83. The normalized spacial score (nSPS) is 11.0. The summed E-state index contributed by atoms with van der Waals surface area (Å²) >= 11 is 0. The third kappa shape index (κ3) is 3.01. The van der Waals surface area contributed by atoms with Crippen molar-refractivity contribution < 1.29 is 9.53 Å². The molecule has 0 bridgehead atoms. The Labute approximate surface area is 128 Å². The molecule has 0 fully saturated rings. The molecular weight excluding hydrogens is 276 g/mol. The van der Waals surface area contributed by atoms with Crippen molar-refractivity contribution in [2.75, 3.05) is 7.11 Å². The monoisotopic (exact) mass is 290 g/mol. The largest absolute Gasteiger partial charge is 0.465 e. The second-order valence-corrected chi connectivity index (χ2v) is 4.75. The van der Waals surface area contributed by atoms with Crippen molar-refractivity contribution in [2.45, 2.75) is 0 Å². The van der Waals surface area contributed by atoms with Crippen molar-refractivity contribution >= 4 is 28.8 Å². The Kier molecular flexibility index (Phi) is 3.92. The number of pyridine rings is 1. The number of carbonyl (C=O) groups excluding carboxylic acids is 1. The van der Waals surface area contributed by atoms with Crippen LogP contribution >= 0.6 is 0 Å². The lowest BCUT2D eigenvalue weighted by Crippen LogP contribution is -2.00. The molecule has 1 aromatic heterocycles. The fourth-order valence-electron chi connectivity index (χ4n) is 2.12. The summed E-state index contributed by atoms with van der Waals surface area (Å²) < 4.78 is 4.67. The summed E-state index contributed by atoms with van der Waals surface area (Å²) in [7, 11) is 1.37. The van der Waals surface area contributed by atoms with Gasteiger partial charge in [-0.05, 0) is 42.0 Å². The lowest BCUT2D eigenvalue weighted by molar-refractivity contribution is 0.0600. The van der Waals surface area contributed by atoms with E-state index in [1.807, 2.05) is 42.5 Å². The van der Waals surface area contributed by atoms with Crippen molar-refractivity contribution in [3.8, 4) is 0 Å². The van der Waals surface area contributed by atoms with E-state index in [1.165, 1.54) is 7.11 Å². The highest BCUT2D eigenvalue weighted by Crippen LogP contribution is 2.19. The van der Waals surface area contributed by atoms with Gasteiger partial charge in [-0.15, -0.1) is 0 Å². The number of methoxy groups -OCH3 is 1. The highest BCUT2D eigenvalue weighted by Gasteiger charge is 2.03. The van der Waals surface area contributed by atoms with E-state index in [-0.39, 0.29) is 5.97 Å². The maximum Gasteiger partial charge on any atom is 0.337 e. The highest BCUT2D eigenvalue weighted by molar-refractivity contribution is 5.91. The van der Waals surface area contributed by atoms with Gasteiger partial charge in [-0.2, -0.15) is 0 Å². The molecule has 0 amide bonds. The third-order valence-electron chi connectivity index (χ3n) is 3.28. The number of hydrogen-bond acceptors (Lipinski definition) is 4. The molecule has 0 atom stereocenters. The Bertz CT molecular complexity index is 839. The van der Waals surface area contributed by atoms with Gasteiger partial charge in [-0.25, -0.2) is 4.79 Å². The lowest BCUT2D eigenvalue weighted by Gasteiger charge is -2.00. The van der Waals surface area contributed by atoms with E-state index in [2.05, 4.69) is 14.7 Å².